The smallest absolute Gasteiger partial charge is 0.326 e. The summed E-state index contributed by atoms with van der Waals surface area (Å²) in [6.45, 7) is 10.5. The SMILES string of the molecule is CC(C)CC1(C)NC(=O)N(CC(=O)OC(C)(C)C)C1=O. The van der Waals surface area contributed by atoms with Gasteiger partial charge in [-0.05, 0) is 40.0 Å². The van der Waals surface area contributed by atoms with Crippen LogP contribution in [-0.2, 0) is 14.3 Å². The van der Waals surface area contributed by atoms with Crippen molar-refractivity contribution in [2.75, 3.05) is 6.54 Å². The van der Waals surface area contributed by atoms with Crippen LogP contribution in [0.25, 0.3) is 0 Å². The minimum Gasteiger partial charge on any atom is -0.459 e. The van der Waals surface area contributed by atoms with Crippen molar-refractivity contribution in [1.82, 2.24) is 10.2 Å². The third-order valence-electron chi connectivity index (χ3n) is 2.87. The van der Waals surface area contributed by atoms with Gasteiger partial charge in [0, 0.05) is 0 Å². The highest BCUT2D eigenvalue weighted by Crippen LogP contribution is 2.25. The predicted octanol–water partition coefficient (Wildman–Crippen LogP) is 1.68. The molecule has 1 N–H and O–H groups in total. The van der Waals surface area contributed by atoms with Gasteiger partial charge in [0.25, 0.3) is 5.91 Å². The van der Waals surface area contributed by atoms with E-state index in [1.807, 2.05) is 13.8 Å². The second kappa shape index (κ2) is 5.42. The van der Waals surface area contributed by atoms with Gasteiger partial charge in [0.1, 0.15) is 17.7 Å². The Morgan fingerprint density at radius 3 is 2.35 bits per heavy atom. The first-order chi connectivity index (χ1) is 8.94. The fraction of sp³-hybridized carbons (Fsp3) is 0.786. The van der Waals surface area contributed by atoms with E-state index in [0.717, 1.165) is 4.90 Å². The summed E-state index contributed by atoms with van der Waals surface area (Å²) in [5, 5.41) is 2.66. The molecule has 0 aromatic carbocycles. The lowest BCUT2D eigenvalue weighted by atomic mass is 9.91. The van der Waals surface area contributed by atoms with Gasteiger partial charge in [-0.2, -0.15) is 0 Å². The third-order valence-corrected chi connectivity index (χ3v) is 2.87. The van der Waals surface area contributed by atoms with Crippen LogP contribution in [0.5, 0.6) is 0 Å². The molecule has 0 spiro atoms. The van der Waals surface area contributed by atoms with E-state index in [9.17, 15) is 14.4 Å². The Morgan fingerprint density at radius 2 is 1.90 bits per heavy atom. The molecule has 1 aliphatic rings. The maximum Gasteiger partial charge on any atom is 0.326 e. The molecule has 114 valence electrons. The Kier molecular flexibility index (Phi) is 4.46. The Balaban J connectivity index is 2.75. The van der Waals surface area contributed by atoms with Crippen LogP contribution in [0.4, 0.5) is 4.79 Å². The molecule has 1 fully saturated rings. The summed E-state index contributed by atoms with van der Waals surface area (Å²) in [7, 11) is 0. The molecule has 20 heavy (non-hydrogen) atoms. The molecular formula is C14H24N2O4. The van der Waals surface area contributed by atoms with Gasteiger partial charge in [0.2, 0.25) is 0 Å². The number of urea groups is 1. The summed E-state index contributed by atoms with van der Waals surface area (Å²) in [5.74, 6) is -0.706. The van der Waals surface area contributed by atoms with E-state index in [1.165, 1.54) is 0 Å². The van der Waals surface area contributed by atoms with E-state index < -0.39 is 23.1 Å². The quantitative estimate of drug-likeness (QED) is 0.629. The van der Waals surface area contributed by atoms with E-state index in [0.29, 0.717) is 6.42 Å². The molecule has 1 heterocycles. The maximum absolute atomic E-state index is 12.3. The highest BCUT2D eigenvalue weighted by molar-refractivity contribution is 6.08. The fourth-order valence-corrected chi connectivity index (χ4v) is 2.35. The predicted molar refractivity (Wildman–Crippen MR) is 73.9 cm³/mol. The van der Waals surface area contributed by atoms with Crippen LogP contribution in [0.3, 0.4) is 0 Å². The van der Waals surface area contributed by atoms with Crippen molar-refractivity contribution >= 4 is 17.9 Å². The minimum atomic E-state index is -0.937. The van der Waals surface area contributed by atoms with Crippen molar-refractivity contribution in [2.24, 2.45) is 5.92 Å². The number of carbonyl (C=O) groups is 3. The second-order valence-electron chi connectivity index (χ2n) is 6.84. The number of hydrogen-bond acceptors (Lipinski definition) is 4. The Morgan fingerprint density at radius 1 is 1.35 bits per heavy atom. The molecule has 1 atom stereocenters. The molecule has 1 aliphatic heterocycles. The van der Waals surface area contributed by atoms with E-state index in [2.05, 4.69) is 5.32 Å². The zero-order valence-corrected chi connectivity index (χ0v) is 13.1. The lowest BCUT2D eigenvalue weighted by Crippen LogP contribution is -2.45. The van der Waals surface area contributed by atoms with Crippen molar-refractivity contribution in [3.05, 3.63) is 0 Å². The molecule has 6 heteroatoms. The average Bonchev–Trinajstić information content (AvgIpc) is 2.38. The largest absolute Gasteiger partial charge is 0.459 e. The molecule has 0 radical (unpaired) electrons. The number of ether oxygens (including phenoxy) is 1. The average molecular weight is 284 g/mol. The normalized spacial score (nSPS) is 23.2. The number of esters is 1. The molecule has 0 aliphatic carbocycles. The van der Waals surface area contributed by atoms with Gasteiger partial charge in [-0.15, -0.1) is 0 Å². The summed E-state index contributed by atoms with van der Waals surface area (Å²) >= 11 is 0. The van der Waals surface area contributed by atoms with Crippen molar-refractivity contribution in [3.63, 3.8) is 0 Å². The van der Waals surface area contributed by atoms with E-state index >= 15 is 0 Å². The molecular weight excluding hydrogens is 260 g/mol. The number of nitrogens with one attached hydrogen (secondary N) is 1. The summed E-state index contributed by atoms with van der Waals surface area (Å²) < 4.78 is 5.13. The number of amides is 3. The van der Waals surface area contributed by atoms with Crippen LogP contribution in [-0.4, -0.2) is 40.5 Å². The highest BCUT2D eigenvalue weighted by atomic mass is 16.6. The molecule has 0 bridgehead atoms. The Hall–Kier alpha value is -1.59. The first-order valence-corrected chi connectivity index (χ1v) is 6.80. The maximum atomic E-state index is 12.3. The van der Waals surface area contributed by atoms with E-state index in [1.54, 1.807) is 27.7 Å². The summed E-state index contributed by atoms with van der Waals surface area (Å²) in [4.78, 5) is 36.8. The number of imide groups is 1. The lowest BCUT2D eigenvalue weighted by Gasteiger charge is -2.24. The summed E-state index contributed by atoms with van der Waals surface area (Å²) in [6, 6.07) is -0.538. The molecule has 3 amide bonds. The number of hydrogen-bond donors (Lipinski definition) is 1. The molecule has 6 nitrogen and oxygen atoms in total. The van der Waals surface area contributed by atoms with Crippen molar-refractivity contribution < 1.29 is 19.1 Å². The van der Waals surface area contributed by atoms with Gasteiger partial charge in [-0.1, -0.05) is 13.8 Å². The minimum absolute atomic E-state index is 0.255. The number of carbonyl (C=O) groups excluding carboxylic acids is 3. The molecule has 0 aromatic heterocycles. The first kappa shape index (κ1) is 16.5. The van der Waals surface area contributed by atoms with E-state index in [-0.39, 0.29) is 18.4 Å². The highest BCUT2D eigenvalue weighted by Gasteiger charge is 2.48. The van der Waals surface area contributed by atoms with Crippen LogP contribution in [0.1, 0.15) is 48.0 Å². The van der Waals surface area contributed by atoms with Crippen molar-refractivity contribution in [2.45, 2.75) is 59.1 Å². The molecule has 1 rings (SSSR count). The van der Waals surface area contributed by atoms with E-state index in [4.69, 9.17) is 4.74 Å². The molecule has 0 saturated carbocycles. The Labute approximate surface area is 119 Å². The van der Waals surface area contributed by atoms with Gasteiger partial charge in [-0.3, -0.25) is 14.5 Å². The van der Waals surface area contributed by atoms with Crippen LogP contribution >= 0.6 is 0 Å². The number of rotatable bonds is 4. The van der Waals surface area contributed by atoms with Crippen molar-refractivity contribution in [3.8, 4) is 0 Å². The number of nitrogens with zero attached hydrogens (tertiary/aromatic N) is 1. The monoisotopic (exact) mass is 284 g/mol. The fourth-order valence-electron chi connectivity index (χ4n) is 2.35. The van der Waals surface area contributed by atoms with Crippen LogP contribution in [0.2, 0.25) is 0 Å². The van der Waals surface area contributed by atoms with Crippen LogP contribution in [0.15, 0.2) is 0 Å². The third kappa shape index (κ3) is 3.95. The standard InChI is InChI=1S/C14H24N2O4/c1-9(2)7-14(6)11(18)16(12(19)15-14)8-10(17)20-13(3,4)5/h9H,7-8H2,1-6H3,(H,15,19). The summed E-state index contributed by atoms with van der Waals surface area (Å²) in [5.41, 5.74) is -1.58. The lowest BCUT2D eigenvalue weighted by molar-refractivity contribution is -0.157. The molecule has 0 aromatic rings. The van der Waals surface area contributed by atoms with Gasteiger partial charge in [-0.25, -0.2) is 4.79 Å². The van der Waals surface area contributed by atoms with Crippen molar-refractivity contribution in [1.29, 1.82) is 0 Å². The zero-order valence-electron chi connectivity index (χ0n) is 13.1. The van der Waals surface area contributed by atoms with Gasteiger partial charge in [0.15, 0.2) is 0 Å². The summed E-state index contributed by atoms with van der Waals surface area (Å²) in [6.07, 6.45) is 0.530. The van der Waals surface area contributed by atoms with Gasteiger partial charge >= 0.3 is 12.0 Å². The topological polar surface area (TPSA) is 75.7 Å². The van der Waals surface area contributed by atoms with Gasteiger partial charge < -0.3 is 10.1 Å². The van der Waals surface area contributed by atoms with Crippen LogP contribution in [0, 0.1) is 5.92 Å². The molecule has 1 unspecified atom stereocenters. The molecule has 1 saturated heterocycles. The first-order valence-electron chi connectivity index (χ1n) is 6.80. The second-order valence-corrected chi connectivity index (χ2v) is 6.84. The van der Waals surface area contributed by atoms with Gasteiger partial charge in [0.05, 0.1) is 0 Å². The Bertz CT molecular complexity index is 425. The zero-order chi connectivity index (χ0) is 15.7. The van der Waals surface area contributed by atoms with Crippen LogP contribution < -0.4 is 5.32 Å².